The fraction of sp³-hybridized carbons (Fsp3) is 0.417. The molecule has 0 saturated carbocycles. The highest BCUT2D eigenvalue weighted by molar-refractivity contribution is 5.92. The number of hydrogen-bond acceptors (Lipinski definition) is 2. The van der Waals surface area contributed by atoms with Crippen LogP contribution in [0.1, 0.15) is 23.6 Å². The number of carbonyl (C=O) groups is 2. The zero-order chi connectivity index (χ0) is 21.5. The molecule has 2 aromatic rings. The first-order valence-corrected chi connectivity index (χ1v) is 10.9. The third kappa shape index (κ3) is 6.15. The number of nitrogens with one attached hydrogen (secondary N) is 4. The quantitative estimate of drug-likeness (QED) is 0.528. The predicted molar refractivity (Wildman–Crippen MR) is 120 cm³/mol. The molecule has 0 spiro atoms. The summed E-state index contributed by atoms with van der Waals surface area (Å²) in [6, 6.07) is 14.0. The van der Waals surface area contributed by atoms with E-state index in [9.17, 15) is 9.59 Å². The first kappa shape index (κ1) is 22.0. The van der Waals surface area contributed by atoms with Crippen LogP contribution in [-0.4, -0.2) is 51.1 Å². The monoisotopic (exact) mass is 410 g/mol. The molecule has 0 aliphatic carbocycles. The van der Waals surface area contributed by atoms with Gasteiger partial charge in [0.1, 0.15) is 26.2 Å². The Morgan fingerprint density at radius 3 is 1.97 bits per heavy atom. The van der Waals surface area contributed by atoms with Gasteiger partial charge in [-0.2, -0.15) is 0 Å². The van der Waals surface area contributed by atoms with Gasteiger partial charge in [0.2, 0.25) is 0 Å². The highest BCUT2D eigenvalue weighted by Crippen LogP contribution is 2.16. The van der Waals surface area contributed by atoms with Crippen LogP contribution >= 0.6 is 0 Å². The molecule has 30 heavy (non-hydrogen) atoms. The highest BCUT2D eigenvalue weighted by atomic mass is 16.2. The van der Waals surface area contributed by atoms with Gasteiger partial charge in [-0.05, 0) is 43.5 Å². The van der Waals surface area contributed by atoms with E-state index in [1.165, 1.54) is 15.4 Å². The molecule has 0 radical (unpaired) electrons. The molecule has 2 amide bonds. The van der Waals surface area contributed by atoms with Crippen molar-refractivity contribution in [1.29, 1.82) is 0 Å². The van der Waals surface area contributed by atoms with Crippen LogP contribution in [0.5, 0.6) is 0 Å². The van der Waals surface area contributed by atoms with Crippen LogP contribution in [0.2, 0.25) is 0 Å². The third-order valence-electron chi connectivity index (χ3n) is 5.81. The fourth-order valence-electron chi connectivity index (χ4n) is 4.06. The molecule has 160 valence electrons. The molecular weight excluding hydrogens is 376 g/mol. The van der Waals surface area contributed by atoms with Crippen molar-refractivity contribution in [1.82, 2.24) is 0 Å². The number of piperazine rings is 1. The standard InChI is InChI=1S/C24H32N4O2/c1-4-20-7-5-6-8-22(20)26-24(30)17-28-13-11-27(12-14-28)16-23(29)25-21-10-9-18(2)15-19(21)3/h5-10,15H,4,11-14,16-17H2,1-3H3,(H,25,29)(H,26,30)/p+2. The molecule has 0 unspecified atom stereocenters. The summed E-state index contributed by atoms with van der Waals surface area (Å²) < 4.78 is 0. The van der Waals surface area contributed by atoms with Crippen molar-refractivity contribution < 1.29 is 19.4 Å². The van der Waals surface area contributed by atoms with Gasteiger partial charge in [0.05, 0.1) is 0 Å². The molecule has 1 heterocycles. The van der Waals surface area contributed by atoms with Crippen molar-refractivity contribution in [3.63, 3.8) is 0 Å². The number of quaternary nitrogens is 2. The van der Waals surface area contributed by atoms with Gasteiger partial charge in [0.15, 0.2) is 13.1 Å². The van der Waals surface area contributed by atoms with Crippen LogP contribution in [0.3, 0.4) is 0 Å². The van der Waals surface area contributed by atoms with E-state index in [0.29, 0.717) is 13.1 Å². The second kappa shape index (κ2) is 10.4. The van der Waals surface area contributed by atoms with E-state index in [-0.39, 0.29) is 11.8 Å². The van der Waals surface area contributed by atoms with Crippen LogP contribution in [-0.2, 0) is 16.0 Å². The lowest BCUT2D eigenvalue weighted by molar-refractivity contribution is -1.00. The van der Waals surface area contributed by atoms with Crippen LogP contribution < -0.4 is 20.4 Å². The number of hydrogen-bond donors (Lipinski definition) is 4. The van der Waals surface area contributed by atoms with Crippen molar-refractivity contribution in [2.75, 3.05) is 49.9 Å². The molecule has 0 aromatic heterocycles. The lowest BCUT2D eigenvalue weighted by Crippen LogP contribution is -3.28. The number of benzene rings is 2. The van der Waals surface area contributed by atoms with Gasteiger partial charge in [-0.3, -0.25) is 9.59 Å². The van der Waals surface area contributed by atoms with Crippen LogP contribution in [0, 0.1) is 13.8 Å². The van der Waals surface area contributed by atoms with E-state index in [1.807, 2.05) is 50.2 Å². The number of para-hydroxylation sites is 1. The van der Waals surface area contributed by atoms with E-state index in [4.69, 9.17) is 0 Å². The summed E-state index contributed by atoms with van der Waals surface area (Å²) in [4.78, 5) is 27.5. The maximum atomic E-state index is 12.5. The molecule has 0 atom stereocenters. The molecule has 1 saturated heterocycles. The lowest BCUT2D eigenvalue weighted by Gasteiger charge is -2.29. The Hall–Kier alpha value is -2.70. The largest absolute Gasteiger partial charge is 0.321 e. The van der Waals surface area contributed by atoms with Gasteiger partial charge >= 0.3 is 0 Å². The Labute approximate surface area is 179 Å². The SMILES string of the molecule is CCc1ccccc1NC(=O)C[NH+]1CC[NH+](CC(=O)Nc2ccc(C)cc2C)CC1. The zero-order valence-electron chi connectivity index (χ0n) is 18.3. The topological polar surface area (TPSA) is 67.1 Å². The number of rotatable bonds is 7. The fourth-order valence-corrected chi connectivity index (χ4v) is 4.06. The maximum absolute atomic E-state index is 12.5. The van der Waals surface area contributed by atoms with Crippen molar-refractivity contribution in [2.45, 2.75) is 27.2 Å². The maximum Gasteiger partial charge on any atom is 0.279 e. The summed E-state index contributed by atoms with van der Waals surface area (Å²) in [6.07, 6.45) is 0.898. The van der Waals surface area contributed by atoms with Gasteiger partial charge in [0.25, 0.3) is 11.8 Å². The summed E-state index contributed by atoms with van der Waals surface area (Å²) >= 11 is 0. The molecule has 4 N–H and O–H groups in total. The van der Waals surface area contributed by atoms with E-state index in [2.05, 4.69) is 23.6 Å². The van der Waals surface area contributed by atoms with Gasteiger partial charge in [-0.1, -0.05) is 42.8 Å². The number of carbonyl (C=O) groups excluding carboxylic acids is 2. The minimum atomic E-state index is 0.0503. The number of aryl methyl sites for hydroxylation is 3. The number of anilines is 2. The Bertz CT molecular complexity index is 889. The molecule has 0 bridgehead atoms. The molecule has 1 aliphatic heterocycles. The van der Waals surface area contributed by atoms with E-state index in [1.54, 1.807) is 0 Å². The first-order chi connectivity index (χ1) is 14.4. The van der Waals surface area contributed by atoms with Crippen LogP contribution in [0.15, 0.2) is 42.5 Å². The van der Waals surface area contributed by atoms with Crippen molar-refractivity contribution >= 4 is 23.2 Å². The van der Waals surface area contributed by atoms with Gasteiger partial charge < -0.3 is 20.4 Å². The lowest BCUT2D eigenvalue weighted by atomic mass is 10.1. The zero-order valence-corrected chi connectivity index (χ0v) is 18.3. The van der Waals surface area contributed by atoms with Crippen molar-refractivity contribution in [2.24, 2.45) is 0 Å². The normalized spacial score (nSPS) is 18.6. The molecule has 3 rings (SSSR count). The minimum Gasteiger partial charge on any atom is -0.321 e. The molecule has 1 aliphatic rings. The summed E-state index contributed by atoms with van der Waals surface area (Å²) in [5.41, 5.74) is 5.24. The summed E-state index contributed by atoms with van der Waals surface area (Å²) in [7, 11) is 0. The van der Waals surface area contributed by atoms with Gasteiger partial charge in [-0.15, -0.1) is 0 Å². The Balaban J connectivity index is 1.42. The van der Waals surface area contributed by atoms with E-state index < -0.39 is 0 Å². The van der Waals surface area contributed by atoms with Crippen LogP contribution in [0.4, 0.5) is 11.4 Å². The van der Waals surface area contributed by atoms with Crippen molar-refractivity contribution in [3.8, 4) is 0 Å². The smallest absolute Gasteiger partial charge is 0.279 e. The highest BCUT2D eigenvalue weighted by Gasteiger charge is 2.26. The minimum absolute atomic E-state index is 0.0503. The third-order valence-corrected chi connectivity index (χ3v) is 5.81. The summed E-state index contributed by atoms with van der Waals surface area (Å²) in [5.74, 6) is 0.108. The molecule has 6 heteroatoms. The molecule has 6 nitrogen and oxygen atoms in total. The average Bonchev–Trinajstić information content (AvgIpc) is 2.72. The first-order valence-electron chi connectivity index (χ1n) is 10.9. The molecular formula is C24H34N4O2+2. The van der Waals surface area contributed by atoms with Crippen molar-refractivity contribution in [3.05, 3.63) is 59.2 Å². The second-order valence-electron chi connectivity index (χ2n) is 8.28. The van der Waals surface area contributed by atoms with Gasteiger partial charge in [0, 0.05) is 11.4 Å². The van der Waals surface area contributed by atoms with E-state index in [0.717, 1.165) is 55.1 Å². The van der Waals surface area contributed by atoms with Gasteiger partial charge in [-0.25, -0.2) is 0 Å². The Morgan fingerprint density at radius 1 is 0.833 bits per heavy atom. The van der Waals surface area contributed by atoms with E-state index >= 15 is 0 Å². The summed E-state index contributed by atoms with van der Waals surface area (Å²) in [5, 5.41) is 6.09. The average molecular weight is 411 g/mol. The Kier molecular flexibility index (Phi) is 7.60. The molecule has 2 aromatic carbocycles. The molecule has 1 fully saturated rings. The predicted octanol–water partition coefficient (Wildman–Crippen LogP) is 0.226. The second-order valence-corrected chi connectivity index (χ2v) is 8.28. The Morgan fingerprint density at radius 2 is 1.40 bits per heavy atom. The van der Waals surface area contributed by atoms with Crippen LogP contribution in [0.25, 0.3) is 0 Å². The summed E-state index contributed by atoms with van der Waals surface area (Å²) in [6.45, 7) is 10.7. The number of amides is 2.